The molecule has 10 rings (SSSR count). The van der Waals surface area contributed by atoms with Crippen molar-refractivity contribution in [3.63, 3.8) is 0 Å². The number of anilines is 4. The Morgan fingerprint density at radius 3 is 1.89 bits per heavy atom. The van der Waals surface area contributed by atoms with E-state index in [1.165, 1.54) is 4.57 Å². The van der Waals surface area contributed by atoms with E-state index in [0.717, 1.165) is 33.6 Å². The third-order valence-electron chi connectivity index (χ3n) is 11.7. The molecule has 0 bridgehead atoms. The van der Waals surface area contributed by atoms with Crippen LogP contribution in [0.5, 0.6) is 11.5 Å². The van der Waals surface area contributed by atoms with Crippen LogP contribution in [0.4, 0.5) is 22.7 Å². The van der Waals surface area contributed by atoms with Gasteiger partial charge in [0.15, 0.2) is 0 Å². The quantitative estimate of drug-likeness (QED) is 0.149. The standard InChI is InChI=1S/C60H55N4O.Pt/c1-58(2,3)42-31-32-61-56(36-42)64-52-26-14-13-23-50(52)51-30-29-47(38-55(51)64)65-46-22-17-21-45(37-46)62-39-63(54-28-16-15-27-53(54)62)57-48(40-19-11-10-12-20-40)24-18-25-49(57)41-33-43(59(4,5)6)35-44(34-41)60(7,8)9;/h10-36,39H,1-9H3;/q-3;/i10D,11D,12D,13D,14D,19D,20D,23D,26D,31D,32D,36D;. The van der Waals surface area contributed by atoms with Crippen molar-refractivity contribution in [2.24, 2.45) is 0 Å². The Morgan fingerprint density at radius 2 is 1.20 bits per heavy atom. The fourth-order valence-electron chi connectivity index (χ4n) is 8.19. The van der Waals surface area contributed by atoms with E-state index in [1.54, 1.807) is 30.3 Å². The van der Waals surface area contributed by atoms with E-state index in [4.69, 9.17) is 17.1 Å². The van der Waals surface area contributed by atoms with Crippen LogP contribution in [-0.2, 0) is 37.3 Å². The fraction of sp³-hybridized carbons (Fsp3) is 0.200. The molecule has 3 heterocycles. The summed E-state index contributed by atoms with van der Waals surface area (Å²) in [6, 6.07) is 31.4. The molecule has 0 saturated carbocycles. The summed E-state index contributed by atoms with van der Waals surface area (Å²) < 4.78 is 114. The van der Waals surface area contributed by atoms with Gasteiger partial charge in [0.1, 0.15) is 5.82 Å². The molecule has 2 aromatic heterocycles. The Balaban J connectivity index is 0.00000740. The Labute approximate surface area is 421 Å². The molecule has 1 aliphatic rings. The van der Waals surface area contributed by atoms with E-state index in [1.807, 2.05) is 79.7 Å². The minimum absolute atomic E-state index is 0. The molecule has 7 aromatic carbocycles. The van der Waals surface area contributed by atoms with E-state index in [9.17, 15) is 4.11 Å². The van der Waals surface area contributed by atoms with Crippen LogP contribution in [0.3, 0.4) is 0 Å². The van der Waals surface area contributed by atoms with Crippen molar-refractivity contribution >= 4 is 44.6 Å². The first-order valence-corrected chi connectivity index (χ1v) is 21.6. The zero-order valence-corrected chi connectivity index (χ0v) is 40.5. The first-order chi connectivity index (χ1) is 36.1. The van der Waals surface area contributed by atoms with Gasteiger partial charge in [-0.15, -0.1) is 48.1 Å². The van der Waals surface area contributed by atoms with Crippen LogP contribution in [0, 0.1) is 18.8 Å². The monoisotopic (exact) mass is 1050 g/mol. The molecule has 0 saturated heterocycles. The smallest absolute Gasteiger partial charge is 0.135 e. The Kier molecular flexibility index (Phi) is 8.36. The second kappa shape index (κ2) is 17.1. The number of rotatable bonds is 7. The Hall–Kier alpha value is -6.42. The minimum atomic E-state index is -0.757. The Morgan fingerprint density at radius 1 is 0.576 bits per heavy atom. The van der Waals surface area contributed by atoms with Crippen LogP contribution in [-0.4, -0.2) is 9.55 Å². The number of nitrogens with zero attached hydrogens (tertiary/aromatic N) is 4. The number of pyridine rings is 1. The molecule has 66 heavy (non-hydrogen) atoms. The van der Waals surface area contributed by atoms with Crippen LogP contribution in [0.2, 0.25) is 0 Å². The summed E-state index contributed by atoms with van der Waals surface area (Å²) in [6.07, 6.45) is -0.396. The second-order valence-electron chi connectivity index (χ2n) is 19.4. The largest absolute Gasteiger partial charge is 0.509 e. The molecule has 334 valence electrons. The average molecular weight is 1060 g/mol. The molecule has 9 aromatic rings. The van der Waals surface area contributed by atoms with Gasteiger partial charge in [-0.3, -0.25) is 0 Å². The zero-order valence-electron chi connectivity index (χ0n) is 50.3. The van der Waals surface area contributed by atoms with E-state index in [2.05, 4.69) is 76.9 Å². The topological polar surface area (TPSA) is 33.5 Å². The maximum absolute atomic E-state index is 9.38. The summed E-state index contributed by atoms with van der Waals surface area (Å²) in [7, 11) is 0. The van der Waals surface area contributed by atoms with Gasteiger partial charge < -0.3 is 19.1 Å². The van der Waals surface area contributed by atoms with Crippen molar-refractivity contribution < 1.29 is 42.3 Å². The van der Waals surface area contributed by atoms with Crippen LogP contribution in [0.1, 0.15) is 95.5 Å². The van der Waals surface area contributed by atoms with Gasteiger partial charge in [-0.25, -0.2) is 4.98 Å². The van der Waals surface area contributed by atoms with Gasteiger partial charge in [0.2, 0.25) is 0 Å². The molecule has 0 spiro atoms. The van der Waals surface area contributed by atoms with Gasteiger partial charge in [-0.1, -0.05) is 165 Å². The van der Waals surface area contributed by atoms with Crippen molar-refractivity contribution in [3.8, 4) is 39.6 Å². The molecular formula is C60H55N4OPt-3. The van der Waals surface area contributed by atoms with E-state index < -0.39 is 41.8 Å². The maximum Gasteiger partial charge on any atom is 0.135 e. The van der Waals surface area contributed by atoms with Gasteiger partial charge in [0, 0.05) is 72.4 Å². The summed E-state index contributed by atoms with van der Waals surface area (Å²) in [4.78, 5) is 8.33. The summed E-state index contributed by atoms with van der Waals surface area (Å²) in [5.74, 6) is 0.348. The number of hydrogen-bond donors (Lipinski definition) is 0. The van der Waals surface area contributed by atoms with Crippen molar-refractivity contribution in [2.75, 3.05) is 9.80 Å². The summed E-state index contributed by atoms with van der Waals surface area (Å²) >= 11 is 0. The number of aromatic nitrogens is 2. The number of fused-ring (bicyclic) bond motifs is 4. The van der Waals surface area contributed by atoms with Crippen molar-refractivity contribution in [1.82, 2.24) is 9.55 Å². The molecule has 0 unspecified atom stereocenters. The first-order valence-electron chi connectivity index (χ1n) is 27.6. The van der Waals surface area contributed by atoms with Crippen molar-refractivity contribution in [2.45, 2.75) is 78.6 Å². The maximum atomic E-state index is 9.38. The predicted octanol–water partition coefficient (Wildman–Crippen LogP) is 16.2. The molecule has 6 heteroatoms. The zero-order chi connectivity index (χ0) is 55.7. The van der Waals surface area contributed by atoms with Crippen LogP contribution in [0.15, 0.2) is 164 Å². The average Bonchev–Trinajstić information content (AvgIpc) is 4.17. The minimum Gasteiger partial charge on any atom is -0.509 e. The predicted molar refractivity (Wildman–Crippen MR) is 271 cm³/mol. The molecule has 0 fully saturated rings. The number of hydrogen-bond acceptors (Lipinski definition) is 4. The second-order valence-corrected chi connectivity index (χ2v) is 19.4. The third kappa shape index (κ3) is 8.35. The number of para-hydroxylation sites is 4. The molecule has 0 atom stereocenters. The van der Waals surface area contributed by atoms with Gasteiger partial charge >= 0.3 is 0 Å². The van der Waals surface area contributed by atoms with E-state index in [-0.39, 0.29) is 113 Å². The van der Waals surface area contributed by atoms with Crippen molar-refractivity contribution in [3.05, 3.63) is 199 Å². The van der Waals surface area contributed by atoms with E-state index >= 15 is 0 Å². The molecule has 0 radical (unpaired) electrons. The molecule has 1 aliphatic heterocycles. The summed E-state index contributed by atoms with van der Waals surface area (Å²) in [6.45, 7) is 20.4. The third-order valence-corrected chi connectivity index (χ3v) is 11.7. The summed E-state index contributed by atoms with van der Waals surface area (Å²) in [5.41, 5.74) is 6.29. The molecule has 0 amide bonds. The number of ether oxygens (including phenoxy) is 1. The van der Waals surface area contributed by atoms with Gasteiger partial charge in [0.25, 0.3) is 0 Å². The van der Waals surface area contributed by atoms with Gasteiger partial charge in [-0.05, 0) is 79.7 Å². The molecule has 0 aliphatic carbocycles. The van der Waals surface area contributed by atoms with Gasteiger partial charge in [0.05, 0.1) is 16.4 Å². The molecule has 5 nitrogen and oxygen atoms in total. The fourth-order valence-corrected chi connectivity index (χ4v) is 8.19. The normalized spacial score (nSPS) is 15.5. The first kappa shape index (κ1) is 32.3. The summed E-state index contributed by atoms with van der Waals surface area (Å²) in [5, 5.41) is 0.548. The number of benzene rings is 7. The van der Waals surface area contributed by atoms with E-state index in [0.29, 0.717) is 22.3 Å². The van der Waals surface area contributed by atoms with Crippen LogP contribution in [0.25, 0.3) is 49.9 Å². The molecular weight excluding hydrogens is 988 g/mol. The van der Waals surface area contributed by atoms with Crippen LogP contribution >= 0.6 is 0 Å². The van der Waals surface area contributed by atoms with Gasteiger partial charge in [-0.2, -0.15) is 12.1 Å². The molecule has 0 N–H and O–H groups in total. The van der Waals surface area contributed by atoms with Crippen LogP contribution < -0.4 is 14.5 Å². The SMILES string of the molecule is [2H]c1nc(-n2c3[c-]c(Oc4[c-]c(N5[CH-]N(c6c(-c7cc(C(C)(C)C)cc(C(C)(C)C)c7)cccc6-c6c([2H])c([2H])c([2H])c([2H])c6[2H])c6ccccc65)ccc4)ccc3c3c([2H])c([2H])c([2H])c([2H])c32)c([2H])c(C(C)(C)C)c1[2H].[Pt]. The van der Waals surface area contributed by atoms with Crippen molar-refractivity contribution in [1.29, 1.82) is 0 Å². The Bertz CT molecular complexity index is 3890.